The van der Waals surface area contributed by atoms with E-state index in [9.17, 15) is 0 Å². The molecule has 4 rings (SSSR count). The molecule has 0 radical (unpaired) electrons. The average molecular weight is 286 g/mol. The van der Waals surface area contributed by atoms with E-state index in [0.29, 0.717) is 0 Å². The highest BCUT2D eigenvalue weighted by Crippen LogP contribution is 2.27. The normalized spacial score (nSPS) is 11.0. The van der Waals surface area contributed by atoms with Crippen molar-refractivity contribution in [2.45, 2.75) is 6.92 Å². The summed E-state index contributed by atoms with van der Waals surface area (Å²) in [4.78, 5) is 13.7. The molecule has 4 nitrogen and oxygen atoms in total. The summed E-state index contributed by atoms with van der Waals surface area (Å²) in [6, 6.07) is 18.0. The second-order valence-electron chi connectivity index (χ2n) is 5.12. The van der Waals surface area contributed by atoms with Crippen molar-refractivity contribution in [3.63, 3.8) is 0 Å². The van der Waals surface area contributed by atoms with Crippen LogP contribution in [0.2, 0.25) is 0 Å². The first-order valence-corrected chi connectivity index (χ1v) is 7.15. The Balaban J connectivity index is 2.10. The lowest BCUT2D eigenvalue weighted by Gasteiger charge is -2.10. The van der Waals surface area contributed by atoms with Crippen molar-refractivity contribution in [1.82, 2.24) is 19.5 Å². The van der Waals surface area contributed by atoms with E-state index >= 15 is 0 Å². The van der Waals surface area contributed by atoms with Crippen molar-refractivity contribution in [1.29, 1.82) is 0 Å². The first-order valence-electron chi connectivity index (χ1n) is 7.15. The van der Waals surface area contributed by atoms with Gasteiger partial charge in [-0.1, -0.05) is 24.3 Å². The largest absolute Gasteiger partial charge is 0.275 e. The molecule has 0 atom stereocenters. The smallest absolute Gasteiger partial charge is 0.165 e. The van der Waals surface area contributed by atoms with E-state index in [1.807, 2.05) is 42.5 Å². The van der Waals surface area contributed by atoms with Crippen LogP contribution in [0, 0.1) is 6.92 Å². The predicted octanol–water partition coefficient (Wildman–Crippen LogP) is 3.79. The van der Waals surface area contributed by atoms with Crippen LogP contribution in [0.3, 0.4) is 0 Å². The standard InChI is InChI=1S/C18H14N4/c1-13-7-2-3-10-16(13)22-17-15(9-6-12-20-17)21-18(22)14-8-4-5-11-19-14/h2-12H,1H3. The van der Waals surface area contributed by atoms with Gasteiger partial charge >= 0.3 is 0 Å². The van der Waals surface area contributed by atoms with Crippen LogP contribution < -0.4 is 0 Å². The number of fused-ring (bicyclic) bond motifs is 1. The molecular weight excluding hydrogens is 272 g/mol. The van der Waals surface area contributed by atoms with Gasteiger partial charge in [0.1, 0.15) is 11.2 Å². The summed E-state index contributed by atoms with van der Waals surface area (Å²) < 4.78 is 2.08. The molecule has 0 aliphatic heterocycles. The SMILES string of the molecule is Cc1ccccc1-n1c(-c2ccccn2)nc2cccnc21. The summed E-state index contributed by atoms with van der Waals surface area (Å²) in [5.74, 6) is 0.809. The fourth-order valence-corrected chi connectivity index (χ4v) is 2.62. The zero-order valence-corrected chi connectivity index (χ0v) is 12.1. The molecule has 3 aromatic heterocycles. The van der Waals surface area contributed by atoms with Gasteiger partial charge in [0.25, 0.3) is 0 Å². The molecule has 106 valence electrons. The number of nitrogens with zero attached hydrogens (tertiary/aromatic N) is 4. The monoisotopic (exact) mass is 286 g/mol. The van der Waals surface area contributed by atoms with E-state index in [1.54, 1.807) is 12.4 Å². The van der Waals surface area contributed by atoms with Crippen LogP contribution in [-0.2, 0) is 0 Å². The number of hydrogen-bond donors (Lipinski definition) is 0. The molecule has 0 bridgehead atoms. The molecule has 0 aliphatic carbocycles. The van der Waals surface area contributed by atoms with Gasteiger partial charge in [0.2, 0.25) is 0 Å². The average Bonchev–Trinajstić information content (AvgIpc) is 2.95. The zero-order chi connectivity index (χ0) is 14.9. The number of benzene rings is 1. The Bertz CT molecular complexity index is 942. The van der Waals surface area contributed by atoms with E-state index in [0.717, 1.165) is 28.4 Å². The molecule has 0 amide bonds. The first kappa shape index (κ1) is 12.7. The predicted molar refractivity (Wildman–Crippen MR) is 86.8 cm³/mol. The highest BCUT2D eigenvalue weighted by atomic mass is 15.1. The van der Waals surface area contributed by atoms with Gasteiger partial charge in [0.15, 0.2) is 11.5 Å². The summed E-state index contributed by atoms with van der Waals surface area (Å²) in [5, 5.41) is 0. The summed E-state index contributed by atoms with van der Waals surface area (Å²) in [6.07, 6.45) is 3.57. The molecule has 0 N–H and O–H groups in total. The third-order valence-corrected chi connectivity index (χ3v) is 3.67. The van der Waals surface area contributed by atoms with Gasteiger partial charge in [-0.05, 0) is 42.8 Å². The van der Waals surface area contributed by atoms with E-state index in [1.165, 1.54) is 5.56 Å². The minimum absolute atomic E-state index is 0.809. The number of aryl methyl sites for hydroxylation is 1. The lowest BCUT2D eigenvalue weighted by atomic mass is 10.2. The quantitative estimate of drug-likeness (QED) is 0.563. The lowest BCUT2D eigenvalue weighted by Crippen LogP contribution is -2.01. The highest BCUT2D eigenvalue weighted by Gasteiger charge is 2.16. The summed E-state index contributed by atoms with van der Waals surface area (Å²) >= 11 is 0. The second-order valence-corrected chi connectivity index (χ2v) is 5.12. The van der Waals surface area contributed by atoms with Crippen molar-refractivity contribution in [3.8, 4) is 17.2 Å². The highest BCUT2D eigenvalue weighted by molar-refractivity contribution is 5.79. The molecule has 22 heavy (non-hydrogen) atoms. The minimum Gasteiger partial charge on any atom is -0.275 e. The second kappa shape index (κ2) is 5.07. The zero-order valence-electron chi connectivity index (χ0n) is 12.1. The molecule has 4 heteroatoms. The van der Waals surface area contributed by atoms with Crippen LogP contribution in [0.1, 0.15) is 5.56 Å². The van der Waals surface area contributed by atoms with E-state index in [-0.39, 0.29) is 0 Å². The first-order chi connectivity index (χ1) is 10.8. The van der Waals surface area contributed by atoms with Crippen LogP contribution in [0.5, 0.6) is 0 Å². The van der Waals surface area contributed by atoms with Gasteiger partial charge in [-0.15, -0.1) is 0 Å². The number of aromatic nitrogens is 4. The summed E-state index contributed by atoms with van der Waals surface area (Å²) in [5.41, 5.74) is 4.79. The molecular formula is C18H14N4. The Labute approximate surface area is 128 Å². The molecule has 0 saturated carbocycles. The third-order valence-electron chi connectivity index (χ3n) is 3.67. The van der Waals surface area contributed by atoms with Crippen LogP contribution in [0.4, 0.5) is 0 Å². The number of para-hydroxylation sites is 1. The minimum atomic E-state index is 0.809. The molecule has 3 heterocycles. The van der Waals surface area contributed by atoms with Gasteiger partial charge in [0.05, 0.1) is 5.69 Å². The van der Waals surface area contributed by atoms with Crippen molar-refractivity contribution >= 4 is 11.2 Å². The Morgan fingerprint density at radius 1 is 0.818 bits per heavy atom. The third kappa shape index (κ3) is 1.97. The summed E-state index contributed by atoms with van der Waals surface area (Å²) in [7, 11) is 0. The van der Waals surface area contributed by atoms with Crippen LogP contribution in [0.15, 0.2) is 67.0 Å². The molecule has 4 aromatic rings. The van der Waals surface area contributed by atoms with Crippen LogP contribution in [0.25, 0.3) is 28.4 Å². The maximum absolute atomic E-state index is 4.74. The Morgan fingerprint density at radius 3 is 2.45 bits per heavy atom. The fourth-order valence-electron chi connectivity index (χ4n) is 2.62. The fraction of sp³-hybridized carbons (Fsp3) is 0.0556. The number of pyridine rings is 2. The topological polar surface area (TPSA) is 43.6 Å². The molecule has 0 unspecified atom stereocenters. The van der Waals surface area contributed by atoms with Crippen LogP contribution in [-0.4, -0.2) is 19.5 Å². The maximum atomic E-state index is 4.74. The van der Waals surface area contributed by atoms with Gasteiger partial charge < -0.3 is 0 Å². The van der Waals surface area contributed by atoms with E-state index < -0.39 is 0 Å². The van der Waals surface area contributed by atoms with Crippen molar-refractivity contribution in [2.24, 2.45) is 0 Å². The van der Waals surface area contributed by atoms with Gasteiger partial charge in [-0.2, -0.15) is 0 Å². The lowest BCUT2D eigenvalue weighted by molar-refractivity contribution is 1.05. The van der Waals surface area contributed by atoms with Gasteiger partial charge in [-0.25, -0.2) is 9.97 Å². The van der Waals surface area contributed by atoms with Gasteiger partial charge in [-0.3, -0.25) is 9.55 Å². The van der Waals surface area contributed by atoms with Crippen molar-refractivity contribution in [3.05, 3.63) is 72.6 Å². The molecule has 0 fully saturated rings. The molecule has 0 saturated heterocycles. The molecule has 1 aromatic carbocycles. The van der Waals surface area contributed by atoms with Crippen LogP contribution >= 0.6 is 0 Å². The van der Waals surface area contributed by atoms with Gasteiger partial charge in [0, 0.05) is 12.4 Å². The van der Waals surface area contributed by atoms with Crippen molar-refractivity contribution < 1.29 is 0 Å². The maximum Gasteiger partial charge on any atom is 0.165 e. The molecule has 0 spiro atoms. The summed E-state index contributed by atoms with van der Waals surface area (Å²) in [6.45, 7) is 2.09. The Hall–Kier alpha value is -3.01. The number of hydrogen-bond acceptors (Lipinski definition) is 3. The Morgan fingerprint density at radius 2 is 1.64 bits per heavy atom. The van der Waals surface area contributed by atoms with E-state index in [4.69, 9.17) is 4.98 Å². The Kier molecular flexibility index (Phi) is 2.93. The number of rotatable bonds is 2. The van der Waals surface area contributed by atoms with Crippen molar-refractivity contribution in [2.75, 3.05) is 0 Å². The number of imidazole rings is 1. The molecule has 0 aliphatic rings. The van der Waals surface area contributed by atoms with E-state index in [2.05, 4.69) is 33.6 Å².